The summed E-state index contributed by atoms with van der Waals surface area (Å²) in [4.78, 5) is 25.6. The largest absolute Gasteiger partial charge is 0.336 e. The van der Waals surface area contributed by atoms with Crippen LogP contribution in [0.3, 0.4) is 0 Å². The van der Waals surface area contributed by atoms with Crippen LogP contribution in [0.25, 0.3) is 11.0 Å². The van der Waals surface area contributed by atoms with Crippen molar-refractivity contribution in [3.8, 4) is 0 Å². The number of benzene rings is 2. The first-order chi connectivity index (χ1) is 10.9. The minimum Gasteiger partial charge on any atom is -0.287 e. The van der Waals surface area contributed by atoms with Crippen LogP contribution in [-0.4, -0.2) is 15.0 Å². The normalized spacial score (nSPS) is 11.8. The molecule has 1 heterocycles. The molecule has 1 aromatic heterocycles. The van der Waals surface area contributed by atoms with Crippen LogP contribution in [0.15, 0.2) is 59.4 Å². The molecule has 2 aromatic carbocycles. The minimum absolute atomic E-state index is 0.189. The van der Waals surface area contributed by atoms with Crippen LogP contribution < -0.4 is 5.69 Å². The lowest BCUT2D eigenvalue weighted by Gasteiger charge is -2.16. The topological polar surface area (TPSA) is 44.0 Å². The molecule has 0 atom stereocenters. The number of hydrogen-bond donors (Lipinski definition) is 0. The molecule has 3 rings (SSSR count). The first-order valence-electron chi connectivity index (χ1n) is 7.68. The van der Waals surface area contributed by atoms with Gasteiger partial charge in [-0.1, -0.05) is 63.2 Å². The molecule has 0 bridgehead atoms. The van der Waals surface area contributed by atoms with Crippen LogP contribution in [0.1, 0.15) is 31.1 Å². The number of carbonyl (C=O) groups excluding carboxylic acids is 1. The standard InChI is InChI=1S/C19H20N2O2/c1-19(2,3)17(22)21-16-12-8-7-11-15(16)20(18(21)23)13-14-9-5-4-6-10-14/h4-12H,13H2,1-3H3. The van der Waals surface area contributed by atoms with Gasteiger partial charge in [0.1, 0.15) is 0 Å². The summed E-state index contributed by atoms with van der Waals surface area (Å²) in [6.45, 7) is 5.92. The van der Waals surface area contributed by atoms with Gasteiger partial charge in [0.25, 0.3) is 0 Å². The van der Waals surface area contributed by atoms with Crippen molar-refractivity contribution >= 4 is 16.9 Å². The number of imidazole rings is 1. The summed E-state index contributed by atoms with van der Waals surface area (Å²) < 4.78 is 2.96. The Morgan fingerprint density at radius 2 is 1.48 bits per heavy atom. The number of hydrogen-bond acceptors (Lipinski definition) is 2. The van der Waals surface area contributed by atoms with E-state index in [9.17, 15) is 9.59 Å². The molecule has 0 saturated carbocycles. The van der Waals surface area contributed by atoms with Crippen LogP contribution >= 0.6 is 0 Å². The summed E-state index contributed by atoms with van der Waals surface area (Å²) >= 11 is 0. The molecule has 0 amide bonds. The third-order valence-electron chi connectivity index (χ3n) is 3.86. The van der Waals surface area contributed by atoms with Gasteiger partial charge in [-0.25, -0.2) is 9.36 Å². The summed E-state index contributed by atoms with van der Waals surface area (Å²) in [6.07, 6.45) is 0. The van der Waals surface area contributed by atoms with E-state index in [4.69, 9.17) is 0 Å². The molecule has 0 unspecified atom stereocenters. The molecule has 0 aliphatic heterocycles. The van der Waals surface area contributed by atoms with Gasteiger partial charge < -0.3 is 0 Å². The van der Waals surface area contributed by atoms with Gasteiger partial charge in [0.05, 0.1) is 17.6 Å². The highest BCUT2D eigenvalue weighted by molar-refractivity contribution is 5.93. The Morgan fingerprint density at radius 1 is 0.913 bits per heavy atom. The van der Waals surface area contributed by atoms with Gasteiger partial charge in [0, 0.05) is 5.41 Å². The highest BCUT2D eigenvalue weighted by Crippen LogP contribution is 2.21. The zero-order valence-electron chi connectivity index (χ0n) is 13.6. The van der Waals surface area contributed by atoms with Crippen LogP contribution in [0.5, 0.6) is 0 Å². The number of nitrogens with zero attached hydrogens (tertiary/aromatic N) is 2. The maximum Gasteiger partial charge on any atom is 0.336 e. The lowest BCUT2D eigenvalue weighted by molar-refractivity contribution is 0.0767. The van der Waals surface area contributed by atoms with Crippen molar-refractivity contribution in [2.75, 3.05) is 0 Å². The molecule has 4 nitrogen and oxygen atoms in total. The fraction of sp³-hybridized carbons (Fsp3) is 0.263. The summed E-state index contributed by atoms with van der Waals surface area (Å²) in [5.41, 5.74) is 1.56. The number of fused-ring (bicyclic) bond motifs is 1. The van der Waals surface area contributed by atoms with Gasteiger partial charge in [-0.05, 0) is 17.7 Å². The van der Waals surface area contributed by atoms with E-state index in [0.29, 0.717) is 12.1 Å². The van der Waals surface area contributed by atoms with E-state index in [1.807, 2.05) is 75.4 Å². The Hall–Kier alpha value is -2.62. The van der Waals surface area contributed by atoms with Crippen LogP contribution in [0, 0.1) is 5.41 Å². The minimum atomic E-state index is -0.620. The monoisotopic (exact) mass is 308 g/mol. The van der Waals surface area contributed by atoms with E-state index in [1.54, 1.807) is 4.57 Å². The molecule has 0 N–H and O–H groups in total. The van der Waals surface area contributed by atoms with Crippen LogP contribution in [0.4, 0.5) is 0 Å². The molecule has 0 aliphatic carbocycles. The zero-order valence-corrected chi connectivity index (χ0v) is 13.6. The molecule has 118 valence electrons. The smallest absolute Gasteiger partial charge is 0.287 e. The van der Waals surface area contributed by atoms with Crippen molar-refractivity contribution in [1.82, 2.24) is 9.13 Å². The number of carbonyl (C=O) groups is 1. The molecular weight excluding hydrogens is 288 g/mol. The van der Waals surface area contributed by atoms with Gasteiger partial charge >= 0.3 is 5.69 Å². The number of rotatable bonds is 2. The highest BCUT2D eigenvalue weighted by Gasteiger charge is 2.27. The van der Waals surface area contributed by atoms with E-state index in [-0.39, 0.29) is 11.6 Å². The second-order valence-corrected chi connectivity index (χ2v) is 6.73. The third-order valence-corrected chi connectivity index (χ3v) is 3.86. The van der Waals surface area contributed by atoms with Gasteiger partial charge in [-0.15, -0.1) is 0 Å². The molecule has 23 heavy (non-hydrogen) atoms. The predicted octanol–water partition coefficient (Wildman–Crippen LogP) is 3.54. The summed E-state index contributed by atoms with van der Waals surface area (Å²) in [6, 6.07) is 17.2. The Morgan fingerprint density at radius 3 is 2.09 bits per heavy atom. The molecule has 4 heteroatoms. The SMILES string of the molecule is CC(C)(C)C(=O)n1c(=O)n(Cc2ccccc2)c2ccccc21. The molecule has 3 aromatic rings. The van der Waals surface area contributed by atoms with Gasteiger partial charge in [0.2, 0.25) is 5.91 Å². The Kier molecular flexibility index (Phi) is 3.68. The lowest BCUT2D eigenvalue weighted by atomic mass is 9.95. The maximum atomic E-state index is 12.9. The van der Waals surface area contributed by atoms with E-state index >= 15 is 0 Å². The van der Waals surface area contributed by atoms with Gasteiger partial charge in [-0.3, -0.25) is 9.36 Å². The quantitative estimate of drug-likeness (QED) is 0.727. The Balaban J connectivity index is 2.22. The molecule has 0 aliphatic rings. The Labute approximate surface area is 135 Å². The molecule has 0 fully saturated rings. The fourth-order valence-electron chi connectivity index (χ4n) is 2.66. The second-order valence-electron chi connectivity index (χ2n) is 6.73. The van der Waals surface area contributed by atoms with E-state index < -0.39 is 5.41 Å². The zero-order chi connectivity index (χ0) is 16.6. The second kappa shape index (κ2) is 5.54. The molecule has 0 saturated heterocycles. The van der Waals surface area contributed by atoms with Crippen molar-refractivity contribution in [2.24, 2.45) is 5.41 Å². The lowest BCUT2D eigenvalue weighted by Crippen LogP contribution is -2.36. The van der Waals surface area contributed by atoms with Crippen molar-refractivity contribution < 1.29 is 4.79 Å². The fourth-order valence-corrected chi connectivity index (χ4v) is 2.66. The molecular formula is C19H20N2O2. The van der Waals surface area contributed by atoms with Crippen molar-refractivity contribution in [2.45, 2.75) is 27.3 Å². The van der Waals surface area contributed by atoms with Crippen LogP contribution in [-0.2, 0) is 6.54 Å². The summed E-state index contributed by atoms with van der Waals surface area (Å²) in [5.74, 6) is -0.189. The summed E-state index contributed by atoms with van der Waals surface area (Å²) in [7, 11) is 0. The summed E-state index contributed by atoms with van der Waals surface area (Å²) in [5, 5.41) is 0. The van der Waals surface area contributed by atoms with Crippen LogP contribution in [0.2, 0.25) is 0 Å². The molecule has 0 radical (unpaired) electrons. The predicted molar refractivity (Wildman–Crippen MR) is 91.8 cm³/mol. The third kappa shape index (κ3) is 2.72. The van der Waals surface area contributed by atoms with E-state index in [1.165, 1.54) is 4.57 Å². The average molecular weight is 308 g/mol. The average Bonchev–Trinajstić information content (AvgIpc) is 2.79. The highest BCUT2D eigenvalue weighted by atomic mass is 16.2. The van der Waals surface area contributed by atoms with Gasteiger partial charge in [-0.2, -0.15) is 0 Å². The first kappa shape index (κ1) is 15.3. The first-order valence-corrected chi connectivity index (χ1v) is 7.68. The van der Waals surface area contributed by atoms with E-state index in [2.05, 4.69) is 0 Å². The maximum absolute atomic E-state index is 12.9. The van der Waals surface area contributed by atoms with E-state index in [0.717, 1.165) is 11.1 Å². The Bertz CT molecular complexity index is 912. The van der Waals surface area contributed by atoms with Crippen molar-refractivity contribution in [3.63, 3.8) is 0 Å². The van der Waals surface area contributed by atoms with Gasteiger partial charge in [0.15, 0.2) is 0 Å². The number of para-hydroxylation sites is 2. The molecule has 0 spiro atoms. The van der Waals surface area contributed by atoms with Crippen molar-refractivity contribution in [3.05, 3.63) is 70.6 Å². The van der Waals surface area contributed by atoms with Crippen molar-refractivity contribution in [1.29, 1.82) is 0 Å². The number of aromatic nitrogens is 2.